The van der Waals surface area contributed by atoms with Crippen LogP contribution in [0.25, 0.3) is 16.6 Å². The number of ether oxygens (including phenoxy) is 1. The largest absolute Gasteiger partial charge is 0.492 e. The molecule has 1 atom stereocenters. The second-order valence-corrected chi connectivity index (χ2v) is 10.3. The molecule has 9 heteroatoms. The fourth-order valence-corrected chi connectivity index (χ4v) is 4.15. The van der Waals surface area contributed by atoms with E-state index in [1.165, 1.54) is 10.9 Å². The van der Waals surface area contributed by atoms with E-state index in [0.29, 0.717) is 46.8 Å². The second kappa shape index (κ2) is 10.5. The molecule has 0 aliphatic heterocycles. The van der Waals surface area contributed by atoms with E-state index in [9.17, 15) is 13.8 Å². The van der Waals surface area contributed by atoms with E-state index in [4.69, 9.17) is 4.74 Å². The molecule has 1 aromatic heterocycles. The van der Waals surface area contributed by atoms with Gasteiger partial charge in [-0.3, -0.25) is 18.4 Å². The number of likely N-dealkylation sites (N-methyl/N-ethyl adjacent to an activating group) is 1. The lowest BCUT2D eigenvalue weighted by Crippen LogP contribution is -2.28. The molecule has 34 heavy (non-hydrogen) atoms. The number of rotatable bonds is 10. The molecule has 1 aliphatic rings. The number of carbonyl (C=O) groups excluding carboxylic acids is 1. The summed E-state index contributed by atoms with van der Waals surface area (Å²) < 4.78 is 18.6. The first-order valence-electron chi connectivity index (χ1n) is 11.4. The Morgan fingerprint density at radius 1 is 1.24 bits per heavy atom. The maximum atomic E-state index is 13.4. The van der Waals surface area contributed by atoms with Crippen molar-refractivity contribution in [2.24, 2.45) is 0 Å². The van der Waals surface area contributed by atoms with Crippen molar-refractivity contribution in [2.75, 3.05) is 38.8 Å². The number of carbonyl (C=O) groups is 1. The van der Waals surface area contributed by atoms with Crippen molar-refractivity contribution < 1.29 is 13.7 Å². The lowest BCUT2D eigenvalue weighted by atomic mass is 10.1. The highest BCUT2D eigenvalue weighted by atomic mass is 32.2. The molecular weight excluding hydrogens is 452 g/mol. The smallest absolute Gasteiger partial charge is 0.265 e. The summed E-state index contributed by atoms with van der Waals surface area (Å²) >= 11 is 0. The summed E-state index contributed by atoms with van der Waals surface area (Å²) in [6.45, 7) is 3.76. The highest BCUT2D eigenvalue weighted by Crippen LogP contribution is 2.22. The Morgan fingerprint density at radius 3 is 2.76 bits per heavy atom. The van der Waals surface area contributed by atoms with Gasteiger partial charge in [-0.2, -0.15) is 0 Å². The highest BCUT2D eigenvalue weighted by Gasteiger charge is 2.24. The monoisotopic (exact) mass is 482 g/mol. The maximum Gasteiger partial charge on any atom is 0.265 e. The quantitative estimate of drug-likeness (QED) is 0.477. The number of aryl methyl sites for hydroxylation is 1. The summed E-state index contributed by atoms with van der Waals surface area (Å²) in [5.74, 6) is 1.09. The number of nitrogens with one attached hydrogen (secondary N) is 1. The first-order chi connectivity index (χ1) is 16.3. The summed E-state index contributed by atoms with van der Waals surface area (Å²) in [5, 5.41) is 3.43. The summed E-state index contributed by atoms with van der Waals surface area (Å²) in [6, 6.07) is 10.9. The fourth-order valence-electron chi connectivity index (χ4n) is 3.58. The SMILES string of the molecule is Cc1ccc(C(=O)NC2CC2)cc1-n1cnc2ccc(OCCN(C)CCS(C)=O)cc2c1=O. The van der Waals surface area contributed by atoms with Crippen LogP contribution < -0.4 is 15.6 Å². The normalized spacial score (nSPS) is 14.4. The molecule has 2 aromatic carbocycles. The number of hydrogen-bond donors (Lipinski definition) is 1. The molecule has 0 radical (unpaired) electrons. The van der Waals surface area contributed by atoms with Crippen molar-refractivity contribution in [2.45, 2.75) is 25.8 Å². The molecule has 1 amide bonds. The van der Waals surface area contributed by atoms with E-state index in [1.54, 1.807) is 36.6 Å². The van der Waals surface area contributed by atoms with Gasteiger partial charge in [-0.15, -0.1) is 0 Å². The summed E-state index contributed by atoms with van der Waals surface area (Å²) in [5.41, 5.74) is 2.38. The van der Waals surface area contributed by atoms with E-state index in [0.717, 1.165) is 24.9 Å². The number of fused-ring (bicyclic) bond motifs is 1. The van der Waals surface area contributed by atoms with Crippen LogP contribution in [0.15, 0.2) is 47.5 Å². The van der Waals surface area contributed by atoms with Gasteiger partial charge in [0.15, 0.2) is 0 Å². The highest BCUT2D eigenvalue weighted by molar-refractivity contribution is 7.84. The molecule has 4 rings (SSSR count). The molecule has 1 aliphatic carbocycles. The third kappa shape index (κ3) is 5.90. The molecule has 1 heterocycles. The van der Waals surface area contributed by atoms with Gasteiger partial charge in [0, 0.05) is 47.5 Å². The molecule has 0 bridgehead atoms. The summed E-state index contributed by atoms with van der Waals surface area (Å²) in [6.07, 6.45) is 5.22. The van der Waals surface area contributed by atoms with Crippen LogP contribution in [0.1, 0.15) is 28.8 Å². The molecule has 1 saturated carbocycles. The van der Waals surface area contributed by atoms with Gasteiger partial charge in [0.05, 0.1) is 16.6 Å². The van der Waals surface area contributed by atoms with Crippen molar-refractivity contribution in [3.8, 4) is 11.4 Å². The summed E-state index contributed by atoms with van der Waals surface area (Å²) in [4.78, 5) is 32.4. The standard InChI is InChI=1S/C25H30N4O4S/c1-17-4-5-18(24(30)27-19-6-7-19)14-23(17)29-16-26-22-9-8-20(15-21(22)25(29)31)33-12-10-28(2)11-13-34(3)32/h4-5,8-9,14-16,19H,6-7,10-13H2,1-3H3,(H,27,30). The zero-order valence-corrected chi connectivity index (χ0v) is 20.6. The van der Waals surface area contributed by atoms with Gasteiger partial charge >= 0.3 is 0 Å². The van der Waals surface area contributed by atoms with Crippen molar-refractivity contribution >= 4 is 27.6 Å². The molecule has 180 valence electrons. The Labute approximate surface area is 201 Å². The predicted molar refractivity (Wildman–Crippen MR) is 134 cm³/mol. The lowest BCUT2D eigenvalue weighted by molar-refractivity contribution is 0.0951. The molecular formula is C25H30N4O4S. The fraction of sp³-hybridized carbons (Fsp3) is 0.400. The van der Waals surface area contributed by atoms with Crippen LogP contribution in [0.5, 0.6) is 5.75 Å². The number of aromatic nitrogens is 2. The van der Waals surface area contributed by atoms with Crippen LogP contribution in [-0.2, 0) is 10.8 Å². The minimum atomic E-state index is -0.819. The molecule has 8 nitrogen and oxygen atoms in total. The molecule has 1 N–H and O–H groups in total. The molecule has 0 spiro atoms. The van der Waals surface area contributed by atoms with Crippen LogP contribution >= 0.6 is 0 Å². The topological polar surface area (TPSA) is 93.5 Å². The minimum absolute atomic E-state index is 0.128. The minimum Gasteiger partial charge on any atom is -0.492 e. The zero-order chi connectivity index (χ0) is 24.2. The first-order valence-corrected chi connectivity index (χ1v) is 13.1. The second-order valence-electron chi connectivity index (χ2n) is 8.78. The van der Waals surface area contributed by atoms with Crippen LogP contribution in [0.2, 0.25) is 0 Å². The van der Waals surface area contributed by atoms with Gasteiger partial charge in [0.1, 0.15) is 18.7 Å². The van der Waals surface area contributed by atoms with E-state index in [2.05, 4.69) is 15.2 Å². The van der Waals surface area contributed by atoms with Gasteiger partial charge < -0.3 is 15.0 Å². The van der Waals surface area contributed by atoms with Crippen LogP contribution in [0.4, 0.5) is 0 Å². The Hall–Kier alpha value is -3.04. The van der Waals surface area contributed by atoms with Gasteiger partial charge in [0.25, 0.3) is 11.5 Å². The number of nitrogens with zero attached hydrogens (tertiary/aromatic N) is 3. The lowest BCUT2D eigenvalue weighted by Gasteiger charge is -2.16. The van der Waals surface area contributed by atoms with Crippen LogP contribution in [0, 0.1) is 6.92 Å². The Kier molecular flexibility index (Phi) is 7.43. The van der Waals surface area contributed by atoms with Crippen molar-refractivity contribution in [3.05, 3.63) is 64.2 Å². The van der Waals surface area contributed by atoms with Gasteiger partial charge in [-0.25, -0.2) is 4.98 Å². The van der Waals surface area contributed by atoms with Gasteiger partial charge in [-0.05, 0) is 62.7 Å². The van der Waals surface area contributed by atoms with Crippen molar-refractivity contribution in [3.63, 3.8) is 0 Å². The third-order valence-corrected chi connectivity index (χ3v) is 6.63. The Morgan fingerprint density at radius 2 is 2.03 bits per heavy atom. The van der Waals surface area contributed by atoms with Crippen LogP contribution in [-0.4, -0.2) is 69.4 Å². The average molecular weight is 483 g/mol. The molecule has 1 fully saturated rings. The predicted octanol–water partition coefficient (Wildman–Crippen LogP) is 2.28. The van der Waals surface area contributed by atoms with Crippen molar-refractivity contribution in [1.29, 1.82) is 0 Å². The third-order valence-electron chi connectivity index (χ3n) is 5.88. The van der Waals surface area contributed by atoms with Crippen LogP contribution in [0.3, 0.4) is 0 Å². The zero-order valence-electron chi connectivity index (χ0n) is 19.7. The molecule has 0 saturated heterocycles. The number of amides is 1. The first kappa shape index (κ1) is 24.1. The van der Waals surface area contributed by atoms with E-state index < -0.39 is 10.8 Å². The molecule has 1 unspecified atom stereocenters. The maximum absolute atomic E-state index is 13.4. The Bertz CT molecular complexity index is 1290. The van der Waals surface area contributed by atoms with E-state index in [1.807, 2.05) is 20.0 Å². The van der Waals surface area contributed by atoms with E-state index >= 15 is 0 Å². The van der Waals surface area contributed by atoms with Gasteiger partial charge in [0.2, 0.25) is 0 Å². The van der Waals surface area contributed by atoms with Crippen molar-refractivity contribution in [1.82, 2.24) is 19.8 Å². The number of benzene rings is 2. The Balaban J connectivity index is 1.54. The average Bonchev–Trinajstić information content (AvgIpc) is 3.63. The van der Waals surface area contributed by atoms with E-state index in [-0.39, 0.29) is 17.5 Å². The molecule has 3 aromatic rings. The summed E-state index contributed by atoms with van der Waals surface area (Å²) in [7, 11) is 1.14. The van der Waals surface area contributed by atoms with Gasteiger partial charge in [-0.1, -0.05) is 6.07 Å². The number of hydrogen-bond acceptors (Lipinski definition) is 6.